The van der Waals surface area contributed by atoms with Crippen LogP contribution in [0.3, 0.4) is 0 Å². The van der Waals surface area contributed by atoms with Crippen LogP contribution in [0.2, 0.25) is 0 Å². The van der Waals surface area contributed by atoms with Crippen molar-refractivity contribution < 1.29 is 5.11 Å². The third-order valence-corrected chi connectivity index (χ3v) is 3.84. The molecule has 1 aromatic heterocycles. The molecule has 0 radical (unpaired) electrons. The van der Waals surface area contributed by atoms with E-state index in [4.69, 9.17) is 5.11 Å². The summed E-state index contributed by atoms with van der Waals surface area (Å²) in [4.78, 5) is 5.56. The van der Waals surface area contributed by atoms with Gasteiger partial charge in [-0.3, -0.25) is 0 Å². The van der Waals surface area contributed by atoms with Crippen molar-refractivity contribution in [3.05, 3.63) is 16.1 Å². The number of thiazole rings is 1. The van der Waals surface area contributed by atoms with E-state index in [0.29, 0.717) is 0 Å². The minimum atomic E-state index is 0.0381. The number of nitrogens with one attached hydrogen (secondary N) is 1. The summed E-state index contributed by atoms with van der Waals surface area (Å²) >= 11 is 1.76. The lowest BCUT2D eigenvalue weighted by Crippen LogP contribution is -2.33. The molecule has 78 valence electrons. The van der Waals surface area contributed by atoms with Gasteiger partial charge < -0.3 is 10.4 Å². The van der Waals surface area contributed by atoms with Gasteiger partial charge in [-0.25, -0.2) is 4.98 Å². The third kappa shape index (κ3) is 2.13. The van der Waals surface area contributed by atoms with Gasteiger partial charge in [0.25, 0.3) is 0 Å². The van der Waals surface area contributed by atoms with Crippen molar-refractivity contribution in [3.63, 3.8) is 0 Å². The molecule has 1 saturated carbocycles. The first kappa shape index (κ1) is 10.1. The summed E-state index contributed by atoms with van der Waals surface area (Å²) in [5, 5.41) is 13.7. The molecule has 0 spiro atoms. The molecule has 2 N–H and O–H groups in total. The Morgan fingerprint density at radius 2 is 2.43 bits per heavy atom. The molecular weight excluding hydrogens is 196 g/mol. The lowest BCUT2D eigenvalue weighted by atomic mass is 10.3. The molecule has 1 aromatic rings. The number of aliphatic hydroxyl groups is 1. The van der Waals surface area contributed by atoms with Gasteiger partial charge in [0.15, 0.2) is 0 Å². The van der Waals surface area contributed by atoms with E-state index in [-0.39, 0.29) is 12.1 Å². The van der Waals surface area contributed by atoms with Gasteiger partial charge in [0.2, 0.25) is 0 Å². The zero-order valence-electron chi connectivity index (χ0n) is 8.42. The van der Waals surface area contributed by atoms with Crippen molar-refractivity contribution in [2.45, 2.75) is 38.3 Å². The Labute approximate surface area is 88.2 Å². The second kappa shape index (κ2) is 3.96. The largest absolute Gasteiger partial charge is 0.394 e. The summed E-state index contributed by atoms with van der Waals surface area (Å²) in [6.45, 7) is 3.22. The average molecular weight is 212 g/mol. The Morgan fingerprint density at radius 1 is 1.64 bits per heavy atom. The van der Waals surface area contributed by atoms with Crippen molar-refractivity contribution in [1.82, 2.24) is 10.3 Å². The van der Waals surface area contributed by atoms with Gasteiger partial charge >= 0.3 is 0 Å². The molecule has 14 heavy (non-hydrogen) atoms. The number of hydrogen-bond acceptors (Lipinski definition) is 4. The SMILES string of the molecule is CCc1ncc(CNC2(CO)CC2)s1. The van der Waals surface area contributed by atoms with Gasteiger partial charge in [-0.2, -0.15) is 0 Å². The molecule has 0 saturated heterocycles. The summed E-state index contributed by atoms with van der Waals surface area (Å²) in [5.74, 6) is 0. The van der Waals surface area contributed by atoms with Crippen LogP contribution in [0, 0.1) is 0 Å². The fraction of sp³-hybridized carbons (Fsp3) is 0.700. The number of rotatable bonds is 5. The van der Waals surface area contributed by atoms with Crippen LogP contribution in [0.5, 0.6) is 0 Å². The fourth-order valence-corrected chi connectivity index (χ4v) is 2.21. The number of aromatic nitrogens is 1. The van der Waals surface area contributed by atoms with Gasteiger partial charge in [-0.05, 0) is 19.3 Å². The van der Waals surface area contributed by atoms with Gasteiger partial charge in [-0.15, -0.1) is 11.3 Å². The van der Waals surface area contributed by atoms with Gasteiger partial charge in [-0.1, -0.05) is 6.92 Å². The lowest BCUT2D eigenvalue weighted by molar-refractivity contribution is 0.230. The van der Waals surface area contributed by atoms with Crippen LogP contribution in [0.25, 0.3) is 0 Å². The van der Waals surface area contributed by atoms with Crippen LogP contribution in [0.1, 0.15) is 29.7 Å². The van der Waals surface area contributed by atoms with Crippen molar-refractivity contribution in [3.8, 4) is 0 Å². The highest BCUT2D eigenvalue weighted by molar-refractivity contribution is 7.11. The summed E-state index contributed by atoms with van der Waals surface area (Å²) < 4.78 is 0. The van der Waals surface area contributed by atoms with Crippen LogP contribution in [0.4, 0.5) is 0 Å². The van der Waals surface area contributed by atoms with Crippen LogP contribution >= 0.6 is 11.3 Å². The zero-order valence-corrected chi connectivity index (χ0v) is 9.23. The summed E-state index contributed by atoms with van der Waals surface area (Å²) in [6.07, 6.45) is 5.14. The zero-order chi connectivity index (χ0) is 10.0. The number of hydrogen-bond donors (Lipinski definition) is 2. The number of aliphatic hydroxyl groups excluding tert-OH is 1. The minimum absolute atomic E-state index is 0.0381. The first-order chi connectivity index (χ1) is 6.78. The van der Waals surface area contributed by atoms with Gasteiger partial charge in [0, 0.05) is 23.2 Å². The average Bonchev–Trinajstić information content (AvgIpc) is 2.86. The van der Waals surface area contributed by atoms with E-state index in [1.807, 2.05) is 6.20 Å². The minimum Gasteiger partial charge on any atom is -0.394 e. The monoisotopic (exact) mass is 212 g/mol. The second-order valence-electron chi connectivity index (χ2n) is 3.87. The molecule has 3 nitrogen and oxygen atoms in total. The second-order valence-corrected chi connectivity index (χ2v) is 5.07. The molecule has 1 heterocycles. The fourth-order valence-electron chi connectivity index (χ4n) is 1.41. The quantitative estimate of drug-likeness (QED) is 0.773. The highest BCUT2D eigenvalue weighted by Gasteiger charge is 2.41. The molecule has 2 rings (SSSR count). The molecule has 4 heteroatoms. The van der Waals surface area contributed by atoms with Crippen molar-refractivity contribution in [2.75, 3.05) is 6.61 Å². The van der Waals surface area contributed by atoms with Crippen LogP contribution in [-0.4, -0.2) is 22.2 Å². The molecule has 0 bridgehead atoms. The smallest absolute Gasteiger partial charge is 0.0925 e. The van der Waals surface area contributed by atoms with Crippen LogP contribution < -0.4 is 5.32 Å². The van der Waals surface area contributed by atoms with E-state index >= 15 is 0 Å². The molecule has 0 amide bonds. The first-order valence-electron chi connectivity index (χ1n) is 5.07. The third-order valence-electron chi connectivity index (χ3n) is 2.70. The predicted molar refractivity (Wildman–Crippen MR) is 57.4 cm³/mol. The molecule has 0 aliphatic heterocycles. The lowest BCUT2D eigenvalue weighted by Gasteiger charge is -2.12. The maximum absolute atomic E-state index is 9.11. The molecule has 1 aliphatic carbocycles. The van der Waals surface area contributed by atoms with E-state index < -0.39 is 0 Å². The number of nitrogens with zero attached hydrogens (tertiary/aromatic N) is 1. The van der Waals surface area contributed by atoms with E-state index in [9.17, 15) is 0 Å². The van der Waals surface area contributed by atoms with Crippen LogP contribution in [-0.2, 0) is 13.0 Å². The summed E-state index contributed by atoms with van der Waals surface area (Å²) in [5.41, 5.74) is 0.0381. The van der Waals surface area contributed by atoms with E-state index in [2.05, 4.69) is 17.2 Å². The van der Waals surface area contributed by atoms with E-state index in [1.165, 1.54) is 9.88 Å². The summed E-state index contributed by atoms with van der Waals surface area (Å²) in [6, 6.07) is 0. The standard InChI is InChI=1S/C10H16N2OS/c1-2-9-11-5-8(14-9)6-12-10(7-13)3-4-10/h5,12-13H,2-4,6-7H2,1H3. The molecular formula is C10H16N2OS. The van der Waals surface area contributed by atoms with E-state index in [0.717, 1.165) is 25.8 Å². The topological polar surface area (TPSA) is 45.2 Å². The van der Waals surface area contributed by atoms with Crippen LogP contribution in [0.15, 0.2) is 6.20 Å². The molecule has 0 aromatic carbocycles. The highest BCUT2D eigenvalue weighted by Crippen LogP contribution is 2.35. The summed E-state index contributed by atoms with van der Waals surface area (Å²) in [7, 11) is 0. The maximum Gasteiger partial charge on any atom is 0.0925 e. The highest BCUT2D eigenvalue weighted by atomic mass is 32.1. The molecule has 0 atom stereocenters. The Bertz CT molecular complexity index is 307. The van der Waals surface area contributed by atoms with Gasteiger partial charge in [0.1, 0.15) is 0 Å². The van der Waals surface area contributed by atoms with E-state index in [1.54, 1.807) is 11.3 Å². The van der Waals surface area contributed by atoms with Gasteiger partial charge in [0.05, 0.1) is 11.6 Å². The molecule has 1 aliphatic rings. The Balaban J connectivity index is 1.85. The van der Waals surface area contributed by atoms with Crippen molar-refractivity contribution in [2.24, 2.45) is 0 Å². The molecule has 1 fully saturated rings. The van der Waals surface area contributed by atoms with Crippen molar-refractivity contribution in [1.29, 1.82) is 0 Å². The Hall–Kier alpha value is -0.450. The Morgan fingerprint density at radius 3 is 2.93 bits per heavy atom. The Kier molecular flexibility index (Phi) is 2.85. The number of aryl methyl sites for hydroxylation is 1. The predicted octanol–water partition coefficient (Wildman–Crippen LogP) is 1.32. The first-order valence-corrected chi connectivity index (χ1v) is 5.89. The normalized spacial score (nSPS) is 18.4. The maximum atomic E-state index is 9.11. The van der Waals surface area contributed by atoms with Crippen molar-refractivity contribution >= 4 is 11.3 Å². The molecule has 0 unspecified atom stereocenters.